The first kappa shape index (κ1) is 27.3. The number of hydrogen-bond donors (Lipinski definition) is 0. The minimum absolute atomic E-state index is 0.108. The van der Waals surface area contributed by atoms with Crippen LogP contribution in [0, 0.1) is 5.92 Å². The number of aromatic nitrogens is 2. The van der Waals surface area contributed by atoms with Gasteiger partial charge in [0.25, 0.3) is 0 Å². The molecule has 1 atom stereocenters. The Morgan fingerprint density at radius 2 is 1.52 bits per heavy atom. The zero-order chi connectivity index (χ0) is 27.3. The van der Waals surface area contributed by atoms with E-state index in [9.17, 15) is 4.79 Å². The van der Waals surface area contributed by atoms with Crippen LogP contribution < -0.4 is 4.74 Å². The van der Waals surface area contributed by atoms with Gasteiger partial charge in [-0.3, -0.25) is 9.69 Å². The number of para-hydroxylation sites is 2. The summed E-state index contributed by atoms with van der Waals surface area (Å²) in [6.07, 6.45) is 14.7. The highest BCUT2D eigenvalue weighted by Crippen LogP contribution is 2.33. The molecule has 3 aromatic rings. The summed E-state index contributed by atoms with van der Waals surface area (Å²) in [6.45, 7) is 3.43. The molecule has 3 fully saturated rings. The van der Waals surface area contributed by atoms with E-state index in [0.29, 0.717) is 18.0 Å². The van der Waals surface area contributed by atoms with Crippen molar-refractivity contribution >= 4 is 16.9 Å². The first-order valence-corrected chi connectivity index (χ1v) is 15.8. The quantitative estimate of drug-likeness (QED) is 0.314. The summed E-state index contributed by atoms with van der Waals surface area (Å²) >= 11 is 0. The Bertz CT molecular complexity index is 1240. The van der Waals surface area contributed by atoms with Crippen LogP contribution in [-0.4, -0.2) is 57.5 Å². The molecule has 2 heterocycles. The van der Waals surface area contributed by atoms with Gasteiger partial charge in [-0.15, -0.1) is 0 Å². The number of likely N-dealkylation sites (tertiary alicyclic amines) is 1. The van der Waals surface area contributed by atoms with E-state index in [-0.39, 0.29) is 5.92 Å². The number of hydrogen-bond acceptors (Lipinski definition) is 4. The van der Waals surface area contributed by atoms with Crippen molar-refractivity contribution in [2.75, 3.05) is 20.2 Å². The summed E-state index contributed by atoms with van der Waals surface area (Å²) < 4.78 is 7.73. The second-order valence-electron chi connectivity index (χ2n) is 12.4. The van der Waals surface area contributed by atoms with Gasteiger partial charge in [-0.2, -0.15) is 0 Å². The molecule has 2 saturated carbocycles. The number of methoxy groups -OCH3 is 1. The molecule has 2 aromatic carbocycles. The lowest BCUT2D eigenvalue weighted by Crippen LogP contribution is -2.53. The van der Waals surface area contributed by atoms with Gasteiger partial charge < -0.3 is 14.2 Å². The van der Waals surface area contributed by atoms with E-state index in [4.69, 9.17) is 9.72 Å². The number of carbonyl (C=O) groups excluding carboxylic acids is 1. The van der Waals surface area contributed by atoms with E-state index in [1.807, 2.05) is 12.1 Å². The van der Waals surface area contributed by atoms with Crippen molar-refractivity contribution in [1.29, 1.82) is 0 Å². The van der Waals surface area contributed by atoms with Crippen LogP contribution in [0.3, 0.4) is 0 Å². The van der Waals surface area contributed by atoms with Gasteiger partial charge in [0.05, 0.1) is 30.6 Å². The lowest BCUT2D eigenvalue weighted by molar-refractivity contribution is -0.144. The van der Waals surface area contributed by atoms with E-state index in [1.165, 1.54) is 75.3 Å². The lowest BCUT2D eigenvalue weighted by atomic mass is 9.86. The maximum absolute atomic E-state index is 14.3. The molecule has 3 aliphatic rings. The fourth-order valence-electron chi connectivity index (χ4n) is 7.52. The van der Waals surface area contributed by atoms with Crippen LogP contribution in [0.25, 0.3) is 11.0 Å². The van der Waals surface area contributed by atoms with Crippen molar-refractivity contribution < 1.29 is 9.53 Å². The molecule has 0 bridgehead atoms. The van der Waals surface area contributed by atoms with Crippen LogP contribution in [0.5, 0.6) is 5.75 Å². The first-order chi connectivity index (χ1) is 19.7. The number of fused-ring (bicyclic) bond motifs is 1. The Kier molecular flexibility index (Phi) is 8.71. The van der Waals surface area contributed by atoms with Crippen molar-refractivity contribution in [3.8, 4) is 5.75 Å². The Morgan fingerprint density at radius 3 is 2.20 bits per heavy atom. The topological polar surface area (TPSA) is 50.6 Å². The summed E-state index contributed by atoms with van der Waals surface area (Å²) in [6, 6.07) is 17.7. The molecular weight excluding hydrogens is 496 g/mol. The Labute approximate surface area is 239 Å². The highest BCUT2D eigenvalue weighted by atomic mass is 16.5. The summed E-state index contributed by atoms with van der Waals surface area (Å²) in [7, 11) is 1.71. The van der Waals surface area contributed by atoms with Crippen molar-refractivity contribution in [3.05, 3.63) is 59.9 Å². The van der Waals surface area contributed by atoms with E-state index in [1.54, 1.807) is 7.11 Å². The molecule has 1 amide bonds. The molecule has 6 nitrogen and oxygen atoms in total. The molecule has 0 radical (unpaired) electrons. The van der Waals surface area contributed by atoms with Gasteiger partial charge in [-0.05, 0) is 74.9 Å². The molecule has 214 valence electrons. The minimum atomic E-state index is 0.108. The summed E-state index contributed by atoms with van der Waals surface area (Å²) in [4.78, 5) is 24.3. The minimum Gasteiger partial charge on any atom is -0.497 e. The number of piperidine rings is 1. The Hall–Kier alpha value is -2.86. The van der Waals surface area contributed by atoms with Gasteiger partial charge in [0.1, 0.15) is 11.6 Å². The van der Waals surface area contributed by atoms with Gasteiger partial charge in [-0.25, -0.2) is 4.98 Å². The highest BCUT2D eigenvalue weighted by molar-refractivity contribution is 5.80. The number of imidazole rings is 1. The second kappa shape index (κ2) is 12.8. The molecule has 40 heavy (non-hydrogen) atoms. The number of benzene rings is 2. The van der Waals surface area contributed by atoms with Crippen LogP contribution in [0.15, 0.2) is 48.5 Å². The van der Waals surface area contributed by atoms with Crippen LogP contribution in [0.4, 0.5) is 0 Å². The van der Waals surface area contributed by atoms with Gasteiger partial charge in [0, 0.05) is 25.2 Å². The van der Waals surface area contributed by atoms with E-state index >= 15 is 0 Å². The van der Waals surface area contributed by atoms with E-state index < -0.39 is 0 Å². The third kappa shape index (κ3) is 6.07. The van der Waals surface area contributed by atoms with Crippen molar-refractivity contribution in [2.24, 2.45) is 5.92 Å². The highest BCUT2D eigenvalue weighted by Gasteiger charge is 2.37. The van der Waals surface area contributed by atoms with Gasteiger partial charge >= 0.3 is 0 Å². The monoisotopic (exact) mass is 542 g/mol. The largest absolute Gasteiger partial charge is 0.497 e. The smallest absolute Gasteiger partial charge is 0.227 e. The zero-order valence-electron chi connectivity index (χ0n) is 24.3. The molecule has 1 aliphatic heterocycles. The van der Waals surface area contributed by atoms with Crippen molar-refractivity contribution in [1.82, 2.24) is 19.4 Å². The third-order valence-corrected chi connectivity index (χ3v) is 9.64. The fraction of sp³-hybridized carbons (Fsp3) is 0.588. The predicted octanol–water partition coefficient (Wildman–Crippen LogP) is 6.80. The summed E-state index contributed by atoms with van der Waals surface area (Å²) in [5.74, 6) is 2.52. The zero-order valence-corrected chi connectivity index (χ0v) is 24.3. The first-order valence-electron chi connectivity index (χ1n) is 15.8. The number of amides is 1. The molecule has 0 spiro atoms. The van der Waals surface area contributed by atoms with E-state index in [2.05, 4.69) is 50.8 Å². The van der Waals surface area contributed by atoms with Crippen molar-refractivity contribution in [3.63, 3.8) is 0 Å². The molecule has 1 aromatic heterocycles. The fourth-order valence-corrected chi connectivity index (χ4v) is 7.52. The summed E-state index contributed by atoms with van der Waals surface area (Å²) in [5.41, 5.74) is 3.43. The molecule has 0 unspecified atom stereocenters. The number of nitrogens with zero attached hydrogens (tertiary/aromatic N) is 4. The third-order valence-electron chi connectivity index (χ3n) is 9.64. The maximum Gasteiger partial charge on any atom is 0.227 e. The molecular formula is C34H46N4O2. The normalized spacial score (nSPS) is 21.5. The standard InChI is InChI=1S/C34H46N4O2/c1-40-30-20-18-26(19-21-30)23-37-32-17-9-8-16-31(32)35-33(37)25-36-22-10-11-27(24-36)34(39)38(28-12-4-2-5-13-28)29-14-6-3-7-15-29/h8-9,16-21,27-29H,2-7,10-15,22-25H2,1H3/t27-/m0/s1. The van der Waals surface area contributed by atoms with Gasteiger partial charge in [-0.1, -0.05) is 62.8 Å². The Morgan fingerprint density at radius 1 is 0.850 bits per heavy atom. The molecule has 1 saturated heterocycles. The van der Waals surface area contributed by atoms with Crippen molar-refractivity contribution in [2.45, 2.75) is 102 Å². The maximum atomic E-state index is 14.3. The van der Waals surface area contributed by atoms with Gasteiger partial charge in [0.15, 0.2) is 0 Å². The van der Waals surface area contributed by atoms with Gasteiger partial charge in [0.2, 0.25) is 5.91 Å². The van der Waals surface area contributed by atoms with Crippen LogP contribution in [-0.2, 0) is 17.9 Å². The average Bonchev–Trinajstić information content (AvgIpc) is 3.35. The number of rotatable bonds is 8. The molecule has 6 heteroatoms. The Balaban J connectivity index is 1.20. The van der Waals surface area contributed by atoms with Crippen LogP contribution >= 0.6 is 0 Å². The number of carbonyl (C=O) groups is 1. The summed E-state index contributed by atoms with van der Waals surface area (Å²) in [5, 5.41) is 0. The van der Waals surface area contributed by atoms with E-state index in [0.717, 1.165) is 56.1 Å². The molecule has 6 rings (SSSR count). The second-order valence-corrected chi connectivity index (χ2v) is 12.4. The van der Waals surface area contributed by atoms with Crippen LogP contribution in [0.1, 0.15) is 88.4 Å². The van der Waals surface area contributed by atoms with Crippen LogP contribution in [0.2, 0.25) is 0 Å². The number of ether oxygens (including phenoxy) is 1. The lowest BCUT2D eigenvalue weighted by Gasteiger charge is -2.44. The predicted molar refractivity (Wildman–Crippen MR) is 160 cm³/mol. The SMILES string of the molecule is COc1ccc(Cn2c(CN3CCC[C@H](C(=O)N(C4CCCCC4)C4CCCCC4)C3)nc3ccccc32)cc1. The molecule has 2 aliphatic carbocycles. The molecule has 0 N–H and O–H groups in total. The average molecular weight is 543 g/mol.